The first-order valence-corrected chi connectivity index (χ1v) is 7.69. The highest BCUT2D eigenvalue weighted by atomic mass is 16.5. The van der Waals surface area contributed by atoms with E-state index >= 15 is 0 Å². The largest absolute Gasteiger partial charge is 0.490 e. The van der Waals surface area contributed by atoms with Gasteiger partial charge in [0.15, 0.2) is 18.1 Å². The molecule has 1 aliphatic heterocycles. The highest BCUT2D eigenvalue weighted by Gasteiger charge is 2.37. The van der Waals surface area contributed by atoms with E-state index in [9.17, 15) is 19.2 Å². The lowest BCUT2D eigenvalue weighted by molar-refractivity contribution is -0.139. The third-order valence-electron chi connectivity index (χ3n) is 3.57. The molecule has 1 N–H and O–H groups in total. The third kappa shape index (κ3) is 3.82. The molecular formula is C17H18N2O7. The predicted octanol–water partition coefficient (Wildman–Crippen LogP) is 0.983. The molecule has 0 aromatic heterocycles. The van der Waals surface area contributed by atoms with Crippen LogP contribution in [0.1, 0.15) is 12.5 Å². The van der Waals surface area contributed by atoms with Gasteiger partial charge in [0.2, 0.25) is 0 Å². The Morgan fingerprint density at radius 3 is 2.23 bits per heavy atom. The number of ether oxygens (including phenoxy) is 2. The first kappa shape index (κ1) is 19.0. The molecule has 0 atom stereocenters. The molecule has 0 aliphatic carbocycles. The first-order chi connectivity index (χ1) is 12.3. The minimum atomic E-state index is -1.13. The van der Waals surface area contributed by atoms with Crippen molar-refractivity contribution in [3.63, 3.8) is 0 Å². The van der Waals surface area contributed by atoms with Crippen LogP contribution >= 0.6 is 0 Å². The van der Waals surface area contributed by atoms with Crippen LogP contribution in [0.25, 0.3) is 6.08 Å². The van der Waals surface area contributed by atoms with Crippen LogP contribution in [0.3, 0.4) is 0 Å². The molecule has 0 saturated carbocycles. The zero-order valence-electron chi connectivity index (χ0n) is 14.5. The summed E-state index contributed by atoms with van der Waals surface area (Å²) in [6.45, 7) is 1.52. The average molecular weight is 362 g/mol. The van der Waals surface area contributed by atoms with Crippen molar-refractivity contribution in [2.45, 2.75) is 6.92 Å². The normalized spacial score (nSPS) is 14.6. The summed E-state index contributed by atoms with van der Waals surface area (Å²) in [5.74, 6) is -2.05. The Labute approximate surface area is 149 Å². The van der Waals surface area contributed by atoms with Crippen LogP contribution in [0.15, 0.2) is 23.8 Å². The van der Waals surface area contributed by atoms with Gasteiger partial charge < -0.3 is 14.6 Å². The summed E-state index contributed by atoms with van der Waals surface area (Å²) in [7, 11) is 2.58. The third-order valence-corrected chi connectivity index (χ3v) is 3.57. The number of urea groups is 1. The Morgan fingerprint density at radius 2 is 1.69 bits per heavy atom. The predicted molar refractivity (Wildman–Crippen MR) is 89.7 cm³/mol. The summed E-state index contributed by atoms with van der Waals surface area (Å²) in [4.78, 5) is 48.5. The molecule has 0 bridgehead atoms. The SMILES string of the molecule is CCOc1cc(C=C2C(=O)N(C)C(=O)N(C)C2=O)ccc1OCC(=O)O. The smallest absolute Gasteiger partial charge is 0.341 e. The van der Waals surface area contributed by atoms with Crippen LogP contribution in [-0.4, -0.2) is 66.0 Å². The molecule has 0 unspecified atom stereocenters. The first-order valence-electron chi connectivity index (χ1n) is 7.69. The number of rotatable bonds is 6. The number of carbonyl (C=O) groups is 4. The molecule has 1 aromatic carbocycles. The summed E-state index contributed by atoms with van der Waals surface area (Å²) in [6, 6.07) is 3.84. The molecular weight excluding hydrogens is 344 g/mol. The van der Waals surface area contributed by atoms with Gasteiger partial charge in [-0.2, -0.15) is 0 Å². The number of carboxylic acid groups (broad SMARTS) is 1. The zero-order valence-corrected chi connectivity index (χ0v) is 14.5. The van der Waals surface area contributed by atoms with Crippen LogP contribution < -0.4 is 9.47 Å². The van der Waals surface area contributed by atoms with Gasteiger partial charge in [0.25, 0.3) is 11.8 Å². The number of amides is 4. The Bertz CT molecular complexity index is 774. The fourth-order valence-electron chi connectivity index (χ4n) is 2.28. The van der Waals surface area contributed by atoms with E-state index < -0.39 is 30.4 Å². The summed E-state index contributed by atoms with van der Waals surface area (Å²) in [5.41, 5.74) is 0.292. The van der Waals surface area contributed by atoms with Crippen molar-refractivity contribution in [2.24, 2.45) is 0 Å². The van der Waals surface area contributed by atoms with Gasteiger partial charge in [0, 0.05) is 14.1 Å². The summed E-state index contributed by atoms with van der Waals surface area (Å²) in [6.07, 6.45) is 1.34. The average Bonchev–Trinajstić information content (AvgIpc) is 2.61. The number of imide groups is 2. The Kier molecular flexibility index (Phi) is 5.61. The molecule has 1 heterocycles. The van der Waals surface area contributed by atoms with E-state index in [0.717, 1.165) is 9.80 Å². The number of hydrogen-bond donors (Lipinski definition) is 1. The quantitative estimate of drug-likeness (QED) is 0.593. The minimum Gasteiger partial charge on any atom is -0.490 e. The van der Waals surface area contributed by atoms with E-state index in [2.05, 4.69) is 0 Å². The summed E-state index contributed by atoms with van der Waals surface area (Å²) in [5, 5.41) is 8.71. The molecule has 0 radical (unpaired) electrons. The second kappa shape index (κ2) is 7.68. The highest BCUT2D eigenvalue weighted by Crippen LogP contribution is 2.30. The molecule has 9 heteroatoms. The van der Waals surface area contributed by atoms with Gasteiger partial charge in [0.1, 0.15) is 5.57 Å². The van der Waals surface area contributed by atoms with E-state index in [1.807, 2.05) is 0 Å². The van der Waals surface area contributed by atoms with Gasteiger partial charge in [-0.1, -0.05) is 6.07 Å². The standard InChI is InChI=1S/C17H18N2O7/c1-4-25-13-8-10(5-6-12(13)26-9-14(20)21)7-11-15(22)18(2)17(24)19(3)16(11)23/h5-8H,4,9H2,1-3H3,(H,20,21). The monoisotopic (exact) mass is 362 g/mol. The van der Waals surface area contributed by atoms with Crippen molar-refractivity contribution < 1.29 is 33.8 Å². The molecule has 9 nitrogen and oxygen atoms in total. The van der Waals surface area contributed by atoms with Gasteiger partial charge in [0.05, 0.1) is 6.61 Å². The molecule has 26 heavy (non-hydrogen) atoms. The van der Waals surface area contributed by atoms with Crippen LogP contribution in [0.4, 0.5) is 4.79 Å². The van der Waals surface area contributed by atoms with E-state index in [-0.39, 0.29) is 17.1 Å². The molecule has 1 aromatic rings. The lowest BCUT2D eigenvalue weighted by atomic mass is 10.1. The van der Waals surface area contributed by atoms with Crippen molar-refractivity contribution in [3.05, 3.63) is 29.3 Å². The number of likely N-dealkylation sites (N-methyl/N-ethyl adjacent to an activating group) is 2. The van der Waals surface area contributed by atoms with Crippen molar-refractivity contribution in [1.29, 1.82) is 0 Å². The number of aliphatic carboxylic acids is 1. The van der Waals surface area contributed by atoms with Crippen LogP contribution in [0.5, 0.6) is 11.5 Å². The van der Waals surface area contributed by atoms with Crippen LogP contribution in [0.2, 0.25) is 0 Å². The molecule has 0 spiro atoms. The molecule has 4 amide bonds. The van der Waals surface area contributed by atoms with E-state index in [1.54, 1.807) is 13.0 Å². The fourth-order valence-corrected chi connectivity index (χ4v) is 2.28. The van der Waals surface area contributed by atoms with Crippen molar-refractivity contribution in [2.75, 3.05) is 27.3 Å². The number of carboxylic acids is 1. The topological polar surface area (TPSA) is 113 Å². The number of nitrogens with zero attached hydrogens (tertiary/aromatic N) is 2. The maximum Gasteiger partial charge on any atom is 0.341 e. The second-order valence-electron chi connectivity index (χ2n) is 5.39. The number of hydrogen-bond acceptors (Lipinski definition) is 6. The summed E-state index contributed by atoms with van der Waals surface area (Å²) < 4.78 is 10.6. The van der Waals surface area contributed by atoms with Gasteiger partial charge in [-0.15, -0.1) is 0 Å². The van der Waals surface area contributed by atoms with Gasteiger partial charge >= 0.3 is 12.0 Å². The lowest BCUT2D eigenvalue weighted by Crippen LogP contribution is -2.52. The minimum absolute atomic E-state index is 0.170. The number of benzene rings is 1. The van der Waals surface area contributed by atoms with Gasteiger partial charge in [-0.3, -0.25) is 19.4 Å². The number of carbonyl (C=O) groups excluding carboxylic acids is 3. The van der Waals surface area contributed by atoms with E-state index in [0.29, 0.717) is 12.2 Å². The number of barbiturate groups is 1. The second-order valence-corrected chi connectivity index (χ2v) is 5.39. The van der Waals surface area contributed by atoms with Crippen LogP contribution in [-0.2, 0) is 14.4 Å². The zero-order chi connectivity index (χ0) is 19.4. The molecule has 1 aliphatic rings. The van der Waals surface area contributed by atoms with Crippen molar-refractivity contribution >= 4 is 29.9 Å². The maximum atomic E-state index is 12.2. The Balaban J connectivity index is 2.38. The van der Waals surface area contributed by atoms with Gasteiger partial charge in [-0.25, -0.2) is 9.59 Å². The molecule has 2 rings (SSSR count). The highest BCUT2D eigenvalue weighted by molar-refractivity contribution is 6.30. The van der Waals surface area contributed by atoms with Gasteiger partial charge in [-0.05, 0) is 30.7 Å². The fraction of sp³-hybridized carbons (Fsp3) is 0.294. The maximum absolute atomic E-state index is 12.2. The Morgan fingerprint density at radius 1 is 1.08 bits per heavy atom. The van der Waals surface area contributed by atoms with Crippen LogP contribution in [0, 0.1) is 0 Å². The Hall–Kier alpha value is -3.36. The van der Waals surface area contributed by atoms with Crippen molar-refractivity contribution in [3.8, 4) is 11.5 Å². The molecule has 1 fully saturated rings. The van der Waals surface area contributed by atoms with E-state index in [4.69, 9.17) is 14.6 Å². The molecule has 1 saturated heterocycles. The lowest BCUT2D eigenvalue weighted by Gasteiger charge is -2.28. The van der Waals surface area contributed by atoms with Crippen molar-refractivity contribution in [1.82, 2.24) is 9.80 Å². The van der Waals surface area contributed by atoms with E-state index in [1.165, 1.54) is 32.3 Å². The molecule has 138 valence electrons. The summed E-state index contributed by atoms with van der Waals surface area (Å²) >= 11 is 0.